The molecular weight excluding hydrogens is 596 g/mol. The lowest BCUT2D eigenvalue weighted by Gasteiger charge is -2.25. The highest BCUT2D eigenvalue weighted by Crippen LogP contribution is 2.51. The highest BCUT2D eigenvalue weighted by atomic mass is 32.1. The molecule has 0 bridgehead atoms. The second kappa shape index (κ2) is 11.9. The van der Waals surface area contributed by atoms with Crippen LogP contribution >= 0.6 is 11.3 Å². The molecule has 0 spiro atoms. The van der Waals surface area contributed by atoms with E-state index in [4.69, 9.17) is 11.1 Å². The Morgan fingerprint density at radius 1 is 1.00 bits per heavy atom. The number of nitrogens with zero attached hydrogens (tertiary/aromatic N) is 1. The Morgan fingerprint density at radius 3 is 2.44 bits per heavy atom. The van der Waals surface area contributed by atoms with Crippen LogP contribution in [0.5, 0.6) is 0 Å². The Hall–Kier alpha value is -4.90. The Labute approximate surface area is 262 Å². The molecule has 1 saturated heterocycles. The maximum Gasteiger partial charge on any atom is 0.299 e. The van der Waals surface area contributed by atoms with Crippen molar-refractivity contribution >= 4 is 34.9 Å². The quantitative estimate of drug-likeness (QED) is 0.159. The van der Waals surface area contributed by atoms with Crippen LogP contribution in [0.2, 0.25) is 0 Å². The molecule has 3 aromatic carbocycles. The van der Waals surface area contributed by atoms with Gasteiger partial charge in [-0.25, -0.2) is 0 Å². The maximum atomic E-state index is 15.0. The van der Waals surface area contributed by atoms with Gasteiger partial charge in [0.25, 0.3) is 11.8 Å². The number of nitrogens with two attached hydrogens (primary N) is 1. The van der Waals surface area contributed by atoms with E-state index in [1.54, 1.807) is 29.6 Å². The summed E-state index contributed by atoms with van der Waals surface area (Å²) in [6.45, 7) is 1.76. The molecule has 1 fully saturated rings. The molecule has 2 aliphatic rings. The molecule has 0 unspecified atom stereocenters. The lowest BCUT2D eigenvalue weighted by Crippen LogP contribution is -2.49. The van der Waals surface area contributed by atoms with Crippen molar-refractivity contribution < 1.29 is 23.2 Å². The van der Waals surface area contributed by atoms with Gasteiger partial charge in [0.2, 0.25) is 11.8 Å². The summed E-state index contributed by atoms with van der Waals surface area (Å²) >= 11 is 1.38. The van der Waals surface area contributed by atoms with Gasteiger partial charge in [-0.3, -0.25) is 19.8 Å². The number of hydrogen-bond donors (Lipinski definition) is 4. The number of likely N-dealkylation sites (tertiary alicyclic amines) is 1. The summed E-state index contributed by atoms with van der Waals surface area (Å²) in [5.41, 5.74) is 7.71. The molecule has 1 aromatic heterocycles. The third-order valence-electron chi connectivity index (χ3n) is 8.49. The zero-order valence-corrected chi connectivity index (χ0v) is 25.2. The molecule has 3 amide bonds. The lowest BCUT2D eigenvalue weighted by atomic mass is 9.96. The molecule has 4 aromatic rings. The van der Waals surface area contributed by atoms with Gasteiger partial charge in [-0.1, -0.05) is 60.7 Å². The highest BCUT2D eigenvalue weighted by Gasteiger charge is 2.44. The van der Waals surface area contributed by atoms with Crippen molar-refractivity contribution in [2.45, 2.75) is 37.3 Å². The number of nitrogen functional groups attached to an aromatic ring is 1. The molecule has 45 heavy (non-hydrogen) atoms. The first-order chi connectivity index (χ1) is 21.5. The molecule has 1 aliphatic carbocycles. The van der Waals surface area contributed by atoms with E-state index in [1.165, 1.54) is 40.5 Å². The SMILES string of the molecule is C[C@@H](NC(=O)[C@@H]1C[C@@H](c2ccccc2)CN1C(=O)CNC(=O)c1ccc2c(c1)-c1ccccc1C2(F)F)c1cc(C(=N)N)cs1. The number of hydrogen-bond acceptors (Lipinski definition) is 5. The van der Waals surface area contributed by atoms with E-state index in [1.807, 2.05) is 37.3 Å². The van der Waals surface area contributed by atoms with E-state index in [0.29, 0.717) is 24.1 Å². The predicted octanol–water partition coefficient (Wildman–Crippen LogP) is 5.14. The number of carbonyl (C=O) groups excluding carboxylic acids is 3. The minimum absolute atomic E-state index is 0.0565. The van der Waals surface area contributed by atoms with Gasteiger partial charge in [0.1, 0.15) is 11.9 Å². The second-order valence-corrected chi connectivity index (χ2v) is 12.3. The number of nitrogens with one attached hydrogen (secondary N) is 3. The normalized spacial score (nSPS) is 18.5. The maximum absolute atomic E-state index is 15.0. The standard InChI is InChI=1S/C34H31F2N5O3S/c1-19(29-15-23(18-45-29)31(37)38)40-33(44)28-14-22(20-7-3-2-4-8-20)17-41(28)30(42)16-39-32(43)21-11-12-27-25(13-21)24-9-5-6-10-26(24)34(27,35)36/h2-13,15,18-19,22,28H,14,16-17H2,1H3,(H3,37,38)(H,39,43)(H,40,44)/t19-,22-,28+/m1/s1. The van der Waals surface area contributed by atoms with E-state index < -0.39 is 23.8 Å². The summed E-state index contributed by atoms with van der Waals surface area (Å²) in [6.07, 6.45) is 0.407. The first kappa shape index (κ1) is 30.1. The number of alkyl halides is 2. The molecule has 1 aliphatic heterocycles. The summed E-state index contributed by atoms with van der Waals surface area (Å²) in [7, 11) is 0. The number of fused-ring (bicyclic) bond motifs is 3. The number of amidine groups is 1. The summed E-state index contributed by atoms with van der Waals surface area (Å²) in [5, 5.41) is 15.0. The van der Waals surface area contributed by atoms with Crippen LogP contribution in [0.25, 0.3) is 11.1 Å². The topological polar surface area (TPSA) is 128 Å². The average molecular weight is 628 g/mol. The third-order valence-corrected chi connectivity index (χ3v) is 9.60. The first-order valence-corrected chi connectivity index (χ1v) is 15.4. The molecule has 6 rings (SSSR count). The molecule has 2 heterocycles. The highest BCUT2D eigenvalue weighted by molar-refractivity contribution is 7.10. The van der Waals surface area contributed by atoms with Crippen LogP contribution in [-0.4, -0.2) is 47.6 Å². The fraction of sp³-hybridized carbons (Fsp3) is 0.235. The fourth-order valence-electron chi connectivity index (χ4n) is 6.11. The lowest BCUT2D eigenvalue weighted by molar-refractivity contribution is -0.137. The summed E-state index contributed by atoms with van der Waals surface area (Å²) in [5.74, 6) is -4.63. The number of carbonyl (C=O) groups is 3. The monoisotopic (exact) mass is 627 g/mol. The van der Waals surface area contributed by atoms with Gasteiger partial charge >= 0.3 is 0 Å². The summed E-state index contributed by atoms with van der Waals surface area (Å²) in [4.78, 5) is 42.5. The number of halogens is 2. The van der Waals surface area contributed by atoms with E-state index in [-0.39, 0.29) is 52.5 Å². The average Bonchev–Trinajstić information content (AvgIpc) is 3.77. The number of thiophene rings is 1. The third kappa shape index (κ3) is 5.71. The van der Waals surface area contributed by atoms with E-state index in [2.05, 4.69) is 10.6 Å². The van der Waals surface area contributed by atoms with E-state index in [0.717, 1.165) is 10.4 Å². The van der Waals surface area contributed by atoms with Gasteiger partial charge in [0.05, 0.1) is 12.6 Å². The van der Waals surface area contributed by atoms with Crippen molar-refractivity contribution in [1.82, 2.24) is 15.5 Å². The zero-order chi connectivity index (χ0) is 31.9. The fourth-order valence-corrected chi connectivity index (χ4v) is 7.02. The Balaban J connectivity index is 1.17. The van der Waals surface area contributed by atoms with Crippen molar-refractivity contribution in [2.75, 3.05) is 13.1 Å². The number of benzene rings is 3. The van der Waals surface area contributed by atoms with E-state index >= 15 is 0 Å². The predicted molar refractivity (Wildman–Crippen MR) is 168 cm³/mol. The minimum atomic E-state index is -3.16. The van der Waals surface area contributed by atoms with Crippen molar-refractivity contribution in [3.63, 3.8) is 0 Å². The first-order valence-electron chi connectivity index (χ1n) is 14.5. The second-order valence-electron chi connectivity index (χ2n) is 11.3. The van der Waals surface area contributed by atoms with Crippen LogP contribution in [0, 0.1) is 5.41 Å². The Kier molecular flexibility index (Phi) is 7.96. The zero-order valence-electron chi connectivity index (χ0n) is 24.3. The molecule has 3 atom stereocenters. The Morgan fingerprint density at radius 2 is 1.71 bits per heavy atom. The van der Waals surface area contributed by atoms with Crippen molar-refractivity contribution in [2.24, 2.45) is 5.73 Å². The van der Waals surface area contributed by atoms with Crippen LogP contribution in [0.1, 0.15) is 62.8 Å². The molecular formula is C34H31F2N5O3S. The van der Waals surface area contributed by atoms with Gasteiger partial charge in [-0.2, -0.15) is 8.78 Å². The molecule has 0 radical (unpaired) electrons. The van der Waals surface area contributed by atoms with Crippen molar-refractivity contribution in [3.05, 3.63) is 117 Å². The van der Waals surface area contributed by atoms with Gasteiger partial charge in [0, 0.05) is 45.0 Å². The van der Waals surface area contributed by atoms with Gasteiger partial charge in [0.15, 0.2) is 0 Å². The van der Waals surface area contributed by atoms with Crippen LogP contribution < -0.4 is 16.4 Å². The van der Waals surface area contributed by atoms with Crippen molar-refractivity contribution in [3.8, 4) is 11.1 Å². The molecule has 0 saturated carbocycles. The van der Waals surface area contributed by atoms with Crippen LogP contribution in [0.4, 0.5) is 8.78 Å². The largest absolute Gasteiger partial charge is 0.384 e. The van der Waals surface area contributed by atoms with Gasteiger partial charge in [-0.05, 0) is 48.2 Å². The van der Waals surface area contributed by atoms with Gasteiger partial charge < -0.3 is 21.3 Å². The molecule has 5 N–H and O–H groups in total. The van der Waals surface area contributed by atoms with Crippen LogP contribution in [0.15, 0.2) is 84.2 Å². The van der Waals surface area contributed by atoms with Crippen LogP contribution in [-0.2, 0) is 15.5 Å². The smallest absolute Gasteiger partial charge is 0.299 e. The Bertz CT molecular complexity index is 1810. The molecule has 230 valence electrons. The molecule has 8 nitrogen and oxygen atoms in total. The molecule has 11 heteroatoms. The van der Waals surface area contributed by atoms with Gasteiger partial charge in [-0.15, -0.1) is 11.3 Å². The van der Waals surface area contributed by atoms with Crippen molar-refractivity contribution in [1.29, 1.82) is 5.41 Å². The summed E-state index contributed by atoms with van der Waals surface area (Å²) in [6, 6.07) is 20.5. The summed E-state index contributed by atoms with van der Waals surface area (Å²) < 4.78 is 29.9. The van der Waals surface area contributed by atoms with E-state index in [9.17, 15) is 23.2 Å². The van der Waals surface area contributed by atoms with Crippen LogP contribution in [0.3, 0.4) is 0 Å². The number of amides is 3. The minimum Gasteiger partial charge on any atom is -0.384 e. The number of rotatable bonds is 8.